The van der Waals surface area contributed by atoms with Crippen molar-refractivity contribution >= 4 is 11.6 Å². The fourth-order valence-electron chi connectivity index (χ4n) is 3.57. The number of hydrogen-bond acceptors (Lipinski definition) is 0. The molecule has 0 radical (unpaired) electrons. The monoisotopic (exact) mass is 320 g/mol. The predicted molar refractivity (Wildman–Crippen MR) is 99.1 cm³/mol. The number of benzene rings is 3. The molecule has 0 aliphatic carbocycles. The van der Waals surface area contributed by atoms with E-state index in [2.05, 4.69) is 97.9 Å². The minimum atomic E-state index is -0.245. The molecular formula is C22H21Cl. The van der Waals surface area contributed by atoms with Gasteiger partial charge in [0.05, 0.1) is 0 Å². The van der Waals surface area contributed by atoms with Crippen molar-refractivity contribution < 1.29 is 0 Å². The van der Waals surface area contributed by atoms with E-state index >= 15 is 0 Å². The Kier molecular flexibility index (Phi) is 4.83. The van der Waals surface area contributed by atoms with Crippen LogP contribution in [0.3, 0.4) is 0 Å². The van der Waals surface area contributed by atoms with Crippen molar-refractivity contribution in [1.82, 2.24) is 0 Å². The molecule has 0 nitrogen and oxygen atoms in total. The van der Waals surface area contributed by atoms with Gasteiger partial charge < -0.3 is 0 Å². The predicted octanol–water partition coefficient (Wildman–Crippen LogP) is 5.90. The van der Waals surface area contributed by atoms with Gasteiger partial charge in [-0.2, -0.15) is 0 Å². The van der Waals surface area contributed by atoms with E-state index in [9.17, 15) is 0 Å². The Balaban J connectivity index is 2.35. The van der Waals surface area contributed by atoms with Crippen molar-refractivity contribution in [3.63, 3.8) is 0 Å². The normalized spacial score (nSPS) is 12.8. The van der Waals surface area contributed by atoms with Crippen LogP contribution in [0.4, 0.5) is 0 Å². The van der Waals surface area contributed by atoms with Gasteiger partial charge in [0.15, 0.2) is 0 Å². The van der Waals surface area contributed by atoms with Crippen molar-refractivity contribution in [3.8, 4) is 0 Å². The van der Waals surface area contributed by atoms with Gasteiger partial charge in [0.1, 0.15) is 0 Å². The van der Waals surface area contributed by atoms with Crippen molar-refractivity contribution in [2.45, 2.75) is 12.3 Å². The summed E-state index contributed by atoms with van der Waals surface area (Å²) >= 11 is 6.39. The summed E-state index contributed by atoms with van der Waals surface area (Å²) in [6.07, 6.45) is 0. The van der Waals surface area contributed by atoms with Crippen LogP contribution in [0.15, 0.2) is 91.0 Å². The van der Waals surface area contributed by atoms with Gasteiger partial charge in [0, 0.05) is 11.3 Å². The van der Waals surface area contributed by atoms with Gasteiger partial charge in [-0.1, -0.05) is 97.9 Å². The molecule has 0 saturated carbocycles. The van der Waals surface area contributed by atoms with Gasteiger partial charge >= 0.3 is 0 Å². The van der Waals surface area contributed by atoms with Crippen LogP contribution in [0.2, 0.25) is 0 Å². The molecule has 0 fully saturated rings. The van der Waals surface area contributed by atoms with Gasteiger partial charge in [-0.15, -0.1) is 11.6 Å². The van der Waals surface area contributed by atoms with Crippen LogP contribution in [0.25, 0.3) is 0 Å². The summed E-state index contributed by atoms with van der Waals surface area (Å²) in [5, 5.41) is 0. The van der Waals surface area contributed by atoms with Crippen LogP contribution >= 0.6 is 11.6 Å². The molecule has 0 heterocycles. The van der Waals surface area contributed by atoms with E-state index in [-0.39, 0.29) is 11.3 Å². The number of hydrogen-bond donors (Lipinski definition) is 0. The first-order chi connectivity index (χ1) is 11.3. The van der Waals surface area contributed by atoms with Gasteiger partial charge in [-0.25, -0.2) is 0 Å². The highest BCUT2D eigenvalue weighted by atomic mass is 35.5. The standard InChI is InChI=1S/C22H21Cl/c1-18(17-23)22(19-11-5-2-6-12-19,20-13-7-3-8-14-20)21-15-9-4-10-16-21/h2-16,18H,17H2,1H3. The molecule has 0 saturated heterocycles. The summed E-state index contributed by atoms with van der Waals surface area (Å²) in [6.45, 7) is 2.24. The maximum atomic E-state index is 6.39. The fourth-order valence-corrected chi connectivity index (χ4v) is 3.80. The second-order valence-electron chi connectivity index (χ2n) is 5.96. The molecule has 0 aliphatic rings. The second-order valence-corrected chi connectivity index (χ2v) is 6.27. The molecule has 0 N–H and O–H groups in total. The quantitative estimate of drug-likeness (QED) is 0.406. The molecule has 23 heavy (non-hydrogen) atoms. The molecule has 116 valence electrons. The molecular weight excluding hydrogens is 300 g/mol. The molecule has 0 aliphatic heterocycles. The highest BCUT2D eigenvalue weighted by Gasteiger charge is 2.40. The van der Waals surface area contributed by atoms with Crippen LogP contribution < -0.4 is 0 Å². The average Bonchev–Trinajstić information content (AvgIpc) is 2.65. The Hall–Kier alpha value is -2.05. The van der Waals surface area contributed by atoms with E-state index in [1.54, 1.807) is 0 Å². The number of alkyl halides is 1. The molecule has 1 unspecified atom stereocenters. The van der Waals surface area contributed by atoms with E-state index in [4.69, 9.17) is 11.6 Å². The first-order valence-corrected chi connectivity index (χ1v) is 8.56. The highest BCUT2D eigenvalue weighted by Crippen LogP contribution is 2.45. The molecule has 3 aromatic carbocycles. The molecule has 3 aromatic rings. The van der Waals surface area contributed by atoms with Crippen LogP contribution in [-0.2, 0) is 5.41 Å². The Morgan fingerprint density at radius 1 is 0.652 bits per heavy atom. The van der Waals surface area contributed by atoms with E-state index < -0.39 is 0 Å². The number of halogens is 1. The largest absolute Gasteiger partial charge is 0.126 e. The first kappa shape index (κ1) is 15.8. The molecule has 0 spiro atoms. The Morgan fingerprint density at radius 3 is 1.22 bits per heavy atom. The minimum absolute atomic E-state index is 0.245. The smallest absolute Gasteiger partial charge is 0.0488 e. The van der Waals surface area contributed by atoms with Crippen molar-refractivity contribution in [3.05, 3.63) is 108 Å². The van der Waals surface area contributed by atoms with Crippen LogP contribution in [0, 0.1) is 5.92 Å². The lowest BCUT2D eigenvalue weighted by Crippen LogP contribution is -2.37. The molecule has 1 atom stereocenters. The van der Waals surface area contributed by atoms with Gasteiger partial charge in [-0.3, -0.25) is 0 Å². The summed E-state index contributed by atoms with van der Waals surface area (Å²) < 4.78 is 0. The third-order valence-electron chi connectivity index (χ3n) is 4.66. The van der Waals surface area contributed by atoms with E-state index in [0.717, 1.165) is 0 Å². The van der Waals surface area contributed by atoms with Gasteiger partial charge in [0.2, 0.25) is 0 Å². The average molecular weight is 321 g/mol. The third-order valence-corrected chi connectivity index (χ3v) is 5.12. The summed E-state index contributed by atoms with van der Waals surface area (Å²) in [7, 11) is 0. The SMILES string of the molecule is CC(CCl)C(c1ccccc1)(c1ccccc1)c1ccccc1. The molecule has 1 heteroatoms. The Morgan fingerprint density at radius 2 is 0.957 bits per heavy atom. The van der Waals surface area contributed by atoms with Crippen molar-refractivity contribution in [2.75, 3.05) is 5.88 Å². The molecule has 0 bridgehead atoms. The maximum Gasteiger partial charge on any atom is 0.0488 e. The number of rotatable bonds is 5. The second kappa shape index (κ2) is 7.02. The zero-order chi connectivity index (χ0) is 16.1. The Labute approximate surface area is 143 Å². The van der Waals surface area contributed by atoms with Crippen molar-refractivity contribution in [1.29, 1.82) is 0 Å². The molecule has 0 amide bonds. The van der Waals surface area contributed by atoms with E-state index in [1.165, 1.54) is 16.7 Å². The third kappa shape index (κ3) is 2.80. The topological polar surface area (TPSA) is 0 Å². The highest BCUT2D eigenvalue weighted by molar-refractivity contribution is 6.18. The summed E-state index contributed by atoms with van der Waals surface area (Å²) in [4.78, 5) is 0. The maximum absolute atomic E-state index is 6.39. The Bertz CT molecular complexity index is 623. The lowest BCUT2D eigenvalue weighted by atomic mass is 9.63. The van der Waals surface area contributed by atoms with Gasteiger partial charge in [-0.05, 0) is 22.6 Å². The zero-order valence-electron chi connectivity index (χ0n) is 13.3. The van der Waals surface area contributed by atoms with Gasteiger partial charge in [0.25, 0.3) is 0 Å². The lowest BCUT2D eigenvalue weighted by Gasteiger charge is -2.40. The van der Waals surface area contributed by atoms with Crippen LogP contribution in [0.5, 0.6) is 0 Å². The summed E-state index contributed by atoms with van der Waals surface area (Å²) in [6, 6.07) is 32.1. The summed E-state index contributed by atoms with van der Waals surface area (Å²) in [5.41, 5.74) is 3.60. The van der Waals surface area contributed by atoms with Crippen LogP contribution in [0.1, 0.15) is 23.6 Å². The molecule has 0 aromatic heterocycles. The van der Waals surface area contributed by atoms with Crippen molar-refractivity contribution in [2.24, 2.45) is 5.92 Å². The minimum Gasteiger partial charge on any atom is -0.126 e. The molecule has 3 rings (SSSR count). The lowest BCUT2D eigenvalue weighted by molar-refractivity contribution is 0.442. The zero-order valence-corrected chi connectivity index (χ0v) is 14.1. The van der Waals surface area contributed by atoms with E-state index in [1.807, 2.05) is 0 Å². The summed E-state index contributed by atoms with van der Waals surface area (Å²) in [5.74, 6) is 0.856. The fraction of sp³-hybridized carbons (Fsp3) is 0.182. The first-order valence-electron chi connectivity index (χ1n) is 8.02. The van der Waals surface area contributed by atoms with Crippen LogP contribution in [-0.4, -0.2) is 5.88 Å². The van der Waals surface area contributed by atoms with E-state index in [0.29, 0.717) is 5.88 Å².